The van der Waals surface area contributed by atoms with Crippen LogP contribution in [0.2, 0.25) is 10.0 Å². The average molecular weight is 441 g/mol. The first-order valence-corrected chi connectivity index (χ1v) is 10.4. The minimum absolute atomic E-state index is 0.115. The lowest BCUT2D eigenvalue weighted by atomic mass is 10.1. The van der Waals surface area contributed by atoms with Crippen LogP contribution in [0.5, 0.6) is 0 Å². The Kier molecular flexibility index (Phi) is 6.13. The van der Waals surface area contributed by atoms with Gasteiger partial charge in [-0.05, 0) is 49.2 Å². The number of H-pyrrole nitrogens is 1. The number of fused-ring (bicyclic) bond motifs is 1. The molecule has 30 heavy (non-hydrogen) atoms. The maximum Gasteiger partial charge on any atom is 0.0853 e. The van der Waals surface area contributed by atoms with E-state index in [1.165, 1.54) is 16.6 Å². The maximum atomic E-state index is 9.24. The molecule has 0 saturated carbocycles. The van der Waals surface area contributed by atoms with Crippen LogP contribution in [0.15, 0.2) is 54.7 Å². The number of aromatic amines is 1. The predicted molar refractivity (Wildman–Crippen MR) is 125 cm³/mol. The summed E-state index contributed by atoms with van der Waals surface area (Å²) in [6, 6.07) is 15.6. The van der Waals surface area contributed by atoms with Gasteiger partial charge < -0.3 is 20.7 Å². The molecule has 0 aliphatic carbocycles. The van der Waals surface area contributed by atoms with Gasteiger partial charge in [0.05, 0.1) is 28.0 Å². The molecule has 0 aliphatic heterocycles. The molecule has 0 radical (unpaired) electrons. The number of hydrogen-bond donors (Lipinski definition) is 4. The van der Waals surface area contributed by atoms with Crippen LogP contribution in [0.25, 0.3) is 10.9 Å². The fraction of sp³-hybridized carbons (Fsp3) is 0.174. The van der Waals surface area contributed by atoms with Crippen molar-refractivity contribution in [3.8, 4) is 0 Å². The SMILES string of the molecule is Cc1[nH]c2ccccc2c1CCNc1c(Cl)cc(Nc2ccnc(CO)c2)cc1Cl. The predicted octanol–water partition coefficient (Wildman–Crippen LogP) is 6.07. The Bertz CT molecular complexity index is 1170. The number of halogens is 2. The Morgan fingerprint density at radius 2 is 1.80 bits per heavy atom. The zero-order valence-electron chi connectivity index (χ0n) is 16.5. The quantitative estimate of drug-likeness (QED) is 0.281. The Morgan fingerprint density at radius 3 is 2.57 bits per heavy atom. The highest BCUT2D eigenvalue weighted by Gasteiger charge is 2.11. The largest absolute Gasteiger partial charge is 0.390 e. The first-order chi connectivity index (χ1) is 14.5. The van der Waals surface area contributed by atoms with Crippen LogP contribution in [0.4, 0.5) is 17.1 Å². The number of aryl methyl sites for hydroxylation is 1. The number of aliphatic hydroxyl groups is 1. The molecule has 0 spiro atoms. The lowest BCUT2D eigenvalue weighted by molar-refractivity contribution is 0.277. The third kappa shape index (κ3) is 4.38. The van der Waals surface area contributed by atoms with Crippen LogP contribution in [-0.2, 0) is 13.0 Å². The van der Waals surface area contributed by atoms with Crippen molar-refractivity contribution < 1.29 is 5.11 Å². The number of anilines is 3. The van der Waals surface area contributed by atoms with E-state index in [1.54, 1.807) is 12.3 Å². The Morgan fingerprint density at radius 1 is 1.03 bits per heavy atom. The number of hydrogen-bond acceptors (Lipinski definition) is 4. The normalized spacial score (nSPS) is 11.1. The van der Waals surface area contributed by atoms with Gasteiger partial charge in [0.15, 0.2) is 0 Å². The number of pyridine rings is 1. The number of nitrogens with zero attached hydrogens (tertiary/aromatic N) is 1. The van der Waals surface area contributed by atoms with Gasteiger partial charge in [-0.15, -0.1) is 0 Å². The van der Waals surface area contributed by atoms with Crippen LogP contribution in [0, 0.1) is 6.92 Å². The van der Waals surface area contributed by atoms with Crippen molar-refractivity contribution in [1.82, 2.24) is 9.97 Å². The van der Waals surface area contributed by atoms with Gasteiger partial charge >= 0.3 is 0 Å². The molecule has 0 bridgehead atoms. The summed E-state index contributed by atoms with van der Waals surface area (Å²) in [6.07, 6.45) is 2.49. The lowest BCUT2D eigenvalue weighted by Gasteiger charge is -2.14. The summed E-state index contributed by atoms with van der Waals surface area (Å²) in [4.78, 5) is 7.50. The molecule has 2 aromatic heterocycles. The molecule has 7 heteroatoms. The van der Waals surface area contributed by atoms with Crippen LogP contribution in [0.3, 0.4) is 0 Å². The van der Waals surface area contributed by atoms with Gasteiger partial charge in [-0.2, -0.15) is 0 Å². The summed E-state index contributed by atoms with van der Waals surface area (Å²) in [7, 11) is 0. The first-order valence-electron chi connectivity index (χ1n) is 9.67. The maximum absolute atomic E-state index is 9.24. The zero-order valence-corrected chi connectivity index (χ0v) is 18.0. The minimum atomic E-state index is -0.115. The van der Waals surface area contributed by atoms with Crippen LogP contribution in [0.1, 0.15) is 17.0 Å². The van der Waals surface area contributed by atoms with Crippen molar-refractivity contribution in [1.29, 1.82) is 0 Å². The number of para-hydroxylation sites is 1. The van der Waals surface area contributed by atoms with Crippen molar-refractivity contribution in [2.45, 2.75) is 20.0 Å². The van der Waals surface area contributed by atoms with Gasteiger partial charge in [-0.1, -0.05) is 41.4 Å². The Labute approximate surface area is 185 Å². The molecule has 2 heterocycles. The third-order valence-electron chi connectivity index (χ3n) is 5.01. The summed E-state index contributed by atoms with van der Waals surface area (Å²) in [6.45, 7) is 2.69. The standard InChI is InChI=1S/C23H22Cl2N4O/c1-14-18(19-4-2-3-5-22(19)28-14)7-9-27-23-20(24)11-16(12-21(23)25)29-15-6-8-26-17(10-15)13-30/h2-6,8,10-12,27-28,30H,7,9,13H2,1H3,(H,26,29). The molecule has 0 unspecified atom stereocenters. The molecule has 154 valence electrons. The Hall–Kier alpha value is -2.73. The Balaban J connectivity index is 1.46. The third-order valence-corrected chi connectivity index (χ3v) is 5.61. The van der Waals surface area contributed by atoms with Gasteiger partial charge in [0.2, 0.25) is 0 Å². The molecule has 0 aliphatic rings. The summed E-state index contributed by atoms with van der Waals surface area (Å²) in [5.74, 6) is 0. The van der Waals surface area contributed by atoms with E-state index in [2.05, 4.69) is 45.7 Å². The highest BCUT2D eigenvalue weighted by molar-refractivity contribution is 6.39. The van der Waals surface area contributed by atoms with E-state index in [9.17, 15) is 5.11 Å². The van der Waals surface area contributed by atoms with E-state index in [1.807, 2.05) is 24.3 Å². The number of benzene rings is 2. The number of aliphatic hydroxyl groups excluding tert-OH is 1. The topological polar surface area (TPSA) is 73.0 Å². The molecular weight excluding hydrogens is 419 g/mol. The average Bonchev–Trinajstić information content (AvgIpc) is 3.05. The van der Waals surface area contributed by atoms with Crippen molar-refractivity contribution in [3.63, 3.8) is 0 Å². The first kappa shape index (κ1) is 20.5. The summed E-state index contributed by atoms with van der Waals surface area (Å²) in [5.41, 5.74) is 6.48. The second-order valence-electron chi connectivity index (χ2n) is 7.08. The van der Waals surface area contributed by atoms with Gasteiger partial charge in [0, 0.05) is 40.7 Å². The molecular formula is C23H22Cl2N4O. The van der Waals surface area contributed by atoms with E-state index in [0.717, 1.165) is 23.3 Å². The number of rotatable bonds is 7. The molecule has 0 amide bonds. The second-order valence-corrected chi connectivity index (χ2v) is 7.90. The smallest absolute Gasteiger partial charge is 0.0853 e. The summed E-state index contributed by atoms with van der Waals surface area (Å²) >= 11 is 13.0. The lowest BCUT2D eigenvalue weighted by Crippen LogP contribution is -2.06. The van der Waals surface area contributed by atoms with E-state index in [-0.39, 0.29) is 6.61 Å². The molecule has 5 nitrogen and oxygen atoms in total. The van der Waals surface area contributed by atoms with Crippen LogP contribution >= 0.6 is 23.2 Å². The van der Waals surface area contributed by atoms with E-state index < -0.39 is 0 Å². The number of nitrogens with one attached hydrogen (secondary N) is 3. The molecule has 0 saturated heterocycles. The second kappa shape index (κ2) is 8.96. The fourth-order valence-electron chi connectivity index (χ4n) is 3.59. The van der Waals surface area contributed by atoms with E-state index in [0.29, 0.717) is 28.0 Å². The highest BCUT2D eigenvalue weighted by Crippen LogP contribution is 2.35. The molecule has 4 rings (SSSR count). The fourth-order valence-corrected chi connectivity index (χ4v) is 4.21. The van der Waals surface area contributed by atoms with Crippen LogP contribution < -0.4 is 10.6 Å². The van der Waals surface area contributed by atoms with Gasteiger partial charge in [-0.3, -0.25) is 4.98 Å². The molecule has 4 aromatic rings. The van der Waals surface area contributed by atoms with Gasteiger partial charge in [0.1, 0.15) is 0 Å². The van der Waals surface area contributed by atoms with Crippen molar-refractivity contribution in [2.24, 2.45) is 0 Å². The molecule has 4 N–H and O–H groups in total. The number of aromatic nitrogens is 2. The van der Waals surface area contributed by atoms with Gasteiger partial charge in [-0.25, -0.2) is 0 Å². The van der Waals surface area contributed by atoms with Crippen molar-refractivity contribution >= 4 is 51.2 Å². The summed E-state index contributed by atoms with van der Waals surface area (Å²) < 4.78 is 0. The van der Waals surface area contributed by atoms with Crippen LogP contribution in [-0.4, -0.2) is 21.6 Å². The van der Waals surface area contributed by atoms with E-state index in [4.69, 9.17) is 23.2 Å². The molecule has 0 atom stereocenters. The van der Waals surface area contributed by atoms with Crippen molar-refractivity contribution in [3.05, 3.63) is 81.7 Å². The highest BCUT2D eigenvalue weighted by atomic mass is 35.5. The summed E-state index contributed by atoms with van der Waals surface area (Å²) in [5, 5.41) is 18.2. The monoisotopic (exact) mass is 440 g/mol. The zero-order chi connectivity index (χ0) is 21.1. The molecule has 2 aromatic carbocycles. The molecule has 0 fully saturated rings. The minimum Gasteiger partial charge on any atom is -0.390 e. The van der Waals surface area contributed by atoms with Gasteiger partial charge in [0.25, 0.3) is 0 Å². The van der Waals surface area contributed by atoms with E-state index >= 15 is 0 Å². The van der Waals surface area contributed by atoms with Crippen molar-refractivity contribution in [2.75, 3.05) is 17.2 Å².